The van der Waals surface area contributed by atoms with Crippen molar-refractivity contribution in [1.29, 1.82) is 0 Å². The quantitative estimate of drug-likeness (QED) is 0.830. The summed E-state index contributed by atoms with van der Waals surface area (Å²) in [6, 6.07) is 9.74. The number of nitrogens with zero attached hydrogens (tertiary/aromatic N) is 1. The molecule has 1 aliphatic rings. The predicted molar refractivity (Wildman–Crippen MR) is 70.3 cm³/mol. The van der Waals surface area contributed by atoms with E-state index in [1.165, 1.54) is 6.42 Å². The minimum absolute atomic E-state index is 0. The minimum Gasteiger partial charge on any atom is -0.295 e. The number of nitrogens with one attached hydrogen (secondary N) is 1. The Morgan fingerprint density at radius 1 is 1.06 bits per heavy atom. The maximum Gasteiger partial charge on any atom is 0.274 e. The summed E-state index contributed by atoms with van der Waals surface area (Å²) >= 11 is 0. The fraction of sp³-hybridized carbons (Fsp3) is 0.308. The van der Waals surface area contributed by atoms with Gasteiger partial charge in [-0.3, -0.25) is 9.89 Å². The number of hydrogen-bond donors (Lipinski definition) is 1. The van der Waals surface area contributed by atoms with Gasteiger partial charge in [-0.15, -0.1) is 12.4 Å². The van der Waals surface area contributed by atoms with Crippen LogP contribution in [0.2, 0.25) is 0 Å². The van der Waals surface area contributed by atoms with Gasteiger partial charge in [-0.2, -0.15) is 0 Å². The molecular weight excluding hydrogens is 236 g/mol. The van der Waals surface area contributed by atoms with Crippen LogP contribution in [0.25, 0.3) is 5.69 Å². The maximum absolute atomic E-state index is 12.1. The Morgan fingerprint density at radius 3 is 2.47 bits per heavy atom. The number of aryl methyl sites for hydroxylation is 1. The van der Waals surface area contributed by atoms with Crippen LogP contribution in [-0.4, -0.2) is 9.78 Å². The monoisotopic (exact) mass is 250 g/mol. The first-order valence-electron chi connectivity index (χ1n) is 5.74. The number of aromatic amines is 1. The number of H-pyrrole nitrogens is 1. The molecule has 0 radical (unpaired) electrons. The van der Waals surface area contributed by atoms with Gasteiger partial charge in [-0.25, -0.2) is 4.68 Å². The predicted octanol–water partition coefficient (Wildman–Crippen LogP) is 2.47. The normalized spacial score (nSPS) is 13.9. The number of halogens is 1. The average molecular weight is 251 g/mol. The van der Waals surface area contributed by atoms with Crippen molar-refractivity contribution in [2.45, 2.75) is 25.7 Å². The van der Waals surface area contributed by atoms with E-state index in [1.807, 2.05) is 30.3 Å². The Kier molecular flexibility index (Phi) is 3.38. The molecule has 0 atom stereocenters. The van der Waals surface area contributed by atoms with Gasteiger partial charge in [0.25, 0.3) is 5.56 Å². The topological polar surface area (TPSA) is 37.8 Å². The first kappa shape index (κ1) is 12.0. The second kappa shape index (κ2) is 4.80. The molecule has 17 heavy (non-hydrogen) atoms. The summed E-state index contributed by atoms with van der Waals surface area (Å²) in [7, 11) is 0. The molecule has 0 fully saturated rings. The molecule has 4 heteroatoms. The highest BCUT2D eigenvalue weighted by Gasteiger charge is 2.17. The Hall–Kier alpha value is -1.48. The maximum atomic E-state index is 12.1. The van der Waals surface area contributed by atoms with Gasteiger partial charge in [-0.1, -0.05) is 18.2 Å². The molecule has 0 bridgehead atoms. The third-order valence-corrected chi connectivity index (χ3v) is 3.19. The van der Waals surface area contributed by atoms with Gasteiger partial charge in [-0.05, 0) is 37.8 Å². The van der Waals surface area contributed by atoms with Gasteiger partial charge < -0.3 is 0 Å². The van der Waals surface area contributed by atoms with Crippen LogP contribution in [0.15, 0.2) is 35.1 Å². The number of rotatable bonds is 1. The molecule has 0 unspecified atom stereocenters. The van der Waals surface area contributed by atoms with E-state index in [4.69, 9.17) is 0 Å². The second-order valence-electron chi connectivity index (χ2n) is 4.25. The number of para-hydroxylation sites is 1. The lowest BCUT2D eigenvalue weighted by molar-refractivity contribution is 0.671. The highest BCUT2D eigenvalue weighted by molar-refractivity contribution is 5.85. The molecule has 2 aromatic rings. The van der Waals surface area contributed by atoms with Crippen LogP contribution in [-0.2, 0) is 12.8 Å². The van der Waals surface area contributed by atoms with Crippen molar-refractivity contribution in [3.63, 3.8) is 0 Å². The van der Waals surface area contributed by atoms with Gasteiger partial charge in [0, 0.05) is 11.3 Å². The van der Waals surface area contributed by atoms with Gasteiger partial charge in [0.1, 0.15) is 0 Å². The van der Waals surface area contributed by atoms with Crippen molar-refractivity contribution < 1.29 is 0 Å². The summed E-state index contributed by atoms with van der Waals surface area (Å²) in [5.74, 6) is 0. The largest absolute Gasteiger partial charge is 0.295 e. The SMILES string of the molecule is Cl.O=c1c2c([nH]n1-c1ccccc1)CCCC2. The first-order valence-corrected chi connectivity index (χ1v) is 5.74. The van der Waals surface area contributed by atoms with Crippen molar-refractivity contribution in [3.8, 4) is 5.69 Å². The summed E-state index contributed by atoms with van der Waals surface area (Å²) < 4.78 is 1.66. The molecule has 1 N–H and O–H groups in total. The van der Waals surface area contributed by atoms with Crippen LogP contribution in [0.1, 0.15) is 24.1 Å². The molecule has 0 amide bonds. The summed E-state index contributed by atoms with van der Waals surface area (Å²) in [5, 5.41) is 3.22. The number of hydrogen-bond acceptors (Lipinski definition) is 1. The molecule has 1 heterocycles. The third kappa shape index (κ3) is 2.03. The Labute approximate surface area is 106 Å². The molecule has 1 aromatic carbocycles. The van der Waals surface area contributed by atoms with E-state index in [0.717, 1.165) is 36.2 Å². The molecule has 1 aromatic heterocycles. The molecule has 0 aliphatic heterocycles. The van der Waals surface area contributed by atoms with E-state index in [9.17, 15) is 4.79 Å². The molecule has 90 valence electrons. The molecule has 3 rings (SSSR count). The Morgan fingerprint density at radius 2 is 1.76 bits per heavy atom. The number of aromatic nitrogens is 2. The van der Waals surface area contributed by atoms with Crippen LogP contribution in [0.3, 0.4) is 0 Å². The highest BCUT2D eigenvalue weighted by Crippen LogP contribution is 2.17. The van der Waals surface area contributed by atoms with Crippen LogP contribution in [0.4, 0.5) is 0 Å². The van der Waals surface area contributed by atoms with E-state index in [0.29, 0.717) is 0 Å². The van der Waals surface area contributed by atoms with Gasteiger partial charge >= 0.3 is 0 Å². The van der Waals surface area contributed by atoms with Gasteiger partial charge in [0.05, 0.1) is 5.69 Å². The Bertz CT molecular complexity index is 557. The second-order valence-corrected chi connectivity index (χ2v) is 4.25. The van der Waals surface area contributed by atoms with Crippen molar-refractivity contribution in [3.05, 3.63) is 51.9 Å². The lowest BCUT2D eigenvalue weighted by Gasteiger charge is -2.07. The summed E-state index contributed by atoms with van der Waals surface area (Å²) in [4.78, 5) is 12.1. The lowest BCUT2D eigenvalue weighted by Crippen LogP contribution is -2.17. The highest BCUT2D eigenvalue weighted by atomic mass is 35.5. The van der Waals surface area contributed by atoms with Crippen LogP contribution in [0, 0.1) is 0 Å². The van der Waals surface area contributed by atoms with Gasteiger partial charge in [0.2, 0.25) is 0 Å². The average Bonchev–Trinajstić information content (AvgIpc) is 2.69. The minimum atomic E-state index is 0. The fourth-order valence-electron chi connectivity index (χ4n) is 2.34. The van der Waals surface area contributed by atoms with E-state index >= 15 is 0 Å². The first-order chi connectivity index (χ1) is 7.86. The van der Waals surface area contributed by atoms with Crippen molar-refractivity contribution in [1.82, 2.24) is 9.78 Å². The zero-order valence-corrected chi connectivity index (χ0v) is 10.3. The molecule has 1 aliphatic carbocycles. The molecule has 0 saturated carbocycles. The summed E-state index contributed by atoms with van der Waals surface area (Å²) in [6.07, 6.45) is 4.24. The number of fused-ring (bicyclic) bond motifs is 1. The summed E-state index contributed by atoms with van der Waals surface area (Å²) in [5.41, 5.74) is 3.15. The fourth-order valence-corrected chi connectivity index (χ4v) is 2.34. The Balaban J connectivity index is 0.00000108. The lowest BCUT2D eigenvalue weighted by atomic mass is 9.98. The van der Waals surface area contributed by atoms with E-state index in [1.54, 1.807) is 4.68 Å². The van der Waals surface area contributed by atoms with Crippen molar-refractivity contribution in [2.24, 2.45) is 0 Å². The van der Waals surface area contributed by atoms with Crippen LogP contribution in [0.5, 0.6) is 0 Å². The molecule has 3 nitrogen and oxygen atoms in total. The third-order valence-electron chi connectivity index (χ3n) is 3.19. The zero-order valence-electron chi connectivity index (χ0n) is 9.48. The van der Waals surface area contributed by atoms with Crippen molar-refractivity contribution >= 4 is 12.4 Å². The standard InChI is InChI=1S/C13H14N2O.ClH/c16-13-11-8-4-5-9-12(11)14-15(13)10-6-2-1-3-7-10;/h1-3,6-7,14H,4-5,8-9H2;1H. The summed E-state index contributed by atoms with van der Waals surface area (Å²) in [6.45, 7) is 0. The molecule has 0 spiro atoms. The van der Waals surface area contributed by atoms with Gasteiger partial charge in [0.15, 0.2) is 0 Å². The molecular formula is C13H15ClN2O. The molecule has 0 saturated heterocycles. The van der Waals surface area contributed by atoms with E-state index in [2.05, 4.69) is 5.10 Å². The van der Waals surface area contributed by atoms with E-state index < -0.39 is 0 Å². The smallest absolute Gasteiger partial charge is 0.274 e. The zero-order chi connectivity index (χ0) is 11.0. The van der Waals surface area contributed by atoms with Crippen LogP contribution >= 0.6 is 12.4 Å². The van der Waals surface area contributed by atoms with Crippen LogP contribution < -0.4 is 5.56 Å². The van der Waals surface area contributed by atoms with E-state index in [-0.39, 0.29) is 18.0 Å². The van der Waals surface area contributed by atoms with Crippen molar-refractivity contribution in [2.75, 3.05) is 0 Å². The number of benzene rings is 1.